The molecule has 21 heavy (non-hydrogen) atoms. The van der Waals surface area contributed by atoms with Crippen LogP contribution in [0.15, 0.2) is 18.5 Å². The molecule has 0 amide bonds. The lowest BCUT2D eigenvalue weighted by molar-refractivity contribution is 0.243. The van der Waals surface area contributed by atoms with Crippen LogP contribution in [-0.2, 0) is 13.6 Å². The number of hydrogen-bond acceptors (Lipinski definition) is 5. The Morgan fingerprint density at radius 2 is 2.00 bits per heavy atom. The second kappa shape index (κ2) is 5.99. The zero-order chi connectivity index (χ0) is 14.8. The molecular weight excluding hydrogens is 288 g/mol. The monoisotopic (exact) mass is 306 g/mol. The summed E-state index contributed by atoms with van der Waals surface area (Å²) in [5, 5.41) is 4.93. The van der Waals surface area contributed by atoms with Crippen molar-refractivity contribution in [2.45, 2.75) is 13.5 Å². The summed E-state index contributed by atoms with van der Waals surface area (Å²) >= 11 is 6.17. The number of aromatic nitrogens is 4. The predicted octanol–water partition coefficient (Wildman–Crippen LogP) is 1.49. The van der Waals surface area contributed by atoms with Gasteiger partial charge in [-0.1, -0.05) is 11.6 Å². The lowest BCUT2D eigenvalue weighted by atomic mass is 10.3. The quantitative estimate of drug-likeness (QED) is 0.860. The van der Waals surface area contributed by atoms with Crippen molar-refractivity contribution in [1.29, 1.82) is 0 Å². The summed E-state index contributed by atoms with van der Waals surface area (Å²) < 4.78 is 1.85. The van der Waals surface area contributed by atoms with Gasteiger partial charge in [-0.2, -0.15) is 5.10 Å². The normalized spacial score (nSPS) is 16.4. The van der Waals surface area contributed by atoms with Crippen molar-refractivity contribution in [3.05, 3.63) is 35.0 Å². The minimum Gasteiger partial charge on any atom is -0.354 e. The first kappa shape index (κ1) is 14.3. The van der Waals surface area contributed by atoms with Crippen LogP contribution in [0, 0.1) is 6.92 Å². The molecule has 0 N–H and O–H groups in total. The van der Waals surface area contributed by atoms with E-state index in [1.807, 2.05) is 30.9 Å². The van der Waals surface area contributed by atoms with Gasteiger partial charge in [0.1, 0.15) is 11.6 Å². The van der Waals surface area contributed by atoms with Crippen LogP contribution in [0.3, 0.4) is 0 Å². The molecule has 2 aromatic rings. The van der Waals surface area contributed by atoms with Crippen molar-refractivity contribution in [3.8, 4) is 0 Å². The van der Waals surface area contributed by atoms with Gasteiger partial charge in [0, 0.05) is 46.0 Å². The number of halogens is 1. The average Bonchev–Trinajstić information content (AvgIpc) is 2.80. The molecule has 0 radical (unpaired) electrons. The van der Waals surface area contributed by atoms with E-state index in [-0.39, 0.29) is 0 Å². The molecule has 6 nitrogen and oxygen atoms in total. The number of aryl methyl sites for hydroxylation is 2. The topological polar surface area (TPSA) is 50.1 Å². The molecule has 1 aliphatic heterocycles. The van der Waals surface area contributed by atoms with E-state index in [2.05, 4.69) is 24.9 Å². The van der Waals surface area contributed by atoms with Gasteiger partial charge in [0.05, 0.1) is 16.9 Å². The number of piperazine rings is 1. The second-order valence-electron chi connectivity index (χ2n) is 5.29. The summed E-state index contributed by atoms with van der Waals surface area (Å²) in [6.07, 6.45) is 3.52. The summed E-state index contributed by atoms with van der Waals surface area (Å²) in [6, 6.07) is 1.97. The molecule has 0 saturated carbocycles. The molecule has 3 heterocycles. The van der Waals surface area contributed by atoms with Crippen LogP contribution in [0.4, 0.5) is 5.82 Å². The Balaban J connectivity index is 1.60. The van der Waals surface area contributed by atoms with E-state index in [1.54, 1.807) is 6.20 Å². The first-order chi connectivity index (χ1) is 10.1. The fourth-order valence-electron chi connectivity index (χ4n) is 2.58. The highest BCUT2D eigenvalue weighted by Gasteiger charge is 2.20. The van der Waals surface area contributed by atoms with Gasteiger partial charge in [0.15, 0.2) is 0 Å². The fraction of sp³-hybridized carbons (Fsp3) is 0.500. The van der Waals surface area contributed by atoms with Gasteiger partial charge < -0.3 is 4.90 Å². The van der Waals surface area contributed by atoms with Crippen LogP contribution >= 0.6 is 11.6 Å². The minimum absolute atomic E-state index is 0.742. The molecule has 2 aromatic heterocycles. The smallest absolute Gasteiger partial charge is 0.132 e. The zero-order valence-electron chi connectivity index (χ0n) is 12.3. The number of nitrogens with zero attached hydrogens (tertiary/aromatic N) is 6. The Labute approximate surface area is 129 Å². The third-order valence-electron chi connectivity index (χ3n) is 3.84. The summed E-state index contributed by atoms with van der Waals surface area (Å²) in [6.45, 7) is 6.67. The highest BCUT2D eigenvalue weighted by molar-refractivity contribution is 6.31. The molecule has 112 valence electrons. The summed E-state index contributed by atoms with van der Waals surface area (Å²) in [4.78, 5) is 13.3. The summed E-state index contributed by atoms with van der Waals surface area (Å²) in [7, 11) is 1.93. The third-order valence-corrected chi connectivity index (χ3v) is 4.16. The first-order valence-electron chi connectivity index (χ1n) is 7.07. The van der Waals surface area contributed by atoms with E-state index < -0.39 is 0 Å². The van der Waals surface area contributed by atoms with E-state index in [9.17, 15) is 0 Å². The Bertz CT molecular complexity index is 598. The van der Waals surface area contributed by atoms with Gasteiger partial charge in [-0.05, 0) is 13.0 Å². The fourth-order valence-corrected chi connectivity index (χ4v) is 2.81. The maximum absolute atomic E-state index is 6.17. The Morgan fingerprint density at radius 1 is 1.24 bits per heavy atom. The van der Waals surface area contributed by atoms with Gasteiger partial charge in [0.2, 0.25) is 0 Å². The maximum atomic E-state index is 6.17. The van der Waals surface area contributed by atoms with E-state index in [4.69, 9.17) is 11.6 Å². The molecule has 0 atom stereocenters. The molecule has 1 saturated heterocycles. The lowest BCUT2D eigenvalue weighted by Gasteiger charge is -2.35. The van der Waals surface area contributed by atoms with Gasteiger partial charge in [-0.3, -0.25) is 9.58 Å². The van der Waals surface area contributed by atoms with Crippen LogP contribution < -0.4 is 4.90 Å². The van der Waals surface area contributed by atoms with Gasteiger partial charge >= 0.3 is 0 Å². The van der Waals surface area contributed by atoms with Crippen LogP contribution in [-0.4, -0.2) is 50.8 Å². The second-order valence-corrected chi connectivity index (χ2v) is 5.70. The van der Waals surface area contributed by atoms with Gasteiger partial charge in [0.25, 0.3) is 0 Å². The van der Waals surface area contributed by atoms with E-state index in [0.29, 0.717) is 0 Å². The third kappa shape index (κ3) is 3.16. The van der Waals surface area contributed by atoms with Crippen LogP contribution in [0.1, 0.15) is 11.5 Å². The molecule has 1 aliphatic rings. The van der Waals surface area contributed by atoms with Gasteiger partial charge in [-0.25, -0.2) is 9.97 Å². The van der Waals surface area contributed by atoms with Crippen molar-refractivity contribution in [1.82, 2.24) is 24.6 Å². The standard InChI is InChI=1S/C14H19ClN6/c1-11-16-4-3-14(18-11)21-7-5-20(6-8-21)10-13-12(15)9-17-19(13)2/h3-4,9H,5-8,10H2,1-2H3. The summed E-state index contributed by atoms with van der Waals surface area (Å²) in [5.41, 5.74) is 1.07. The van der Waals surface area contributed by atoms with E-state index in [1.165, 1.54) is 0 Å². The van der Waals surface area contributed by atoms with Crippen LogP contribution in [0.5, 0.6) is 0 Å². The van der Waals surface area contributed by atoms with Crippen molar-refractivity contribution >= 4 is 17.4 Å². The first-order valence-corrected chi connectivity index (χ1v) is 7.44. The van der Waals surface area contributed by atoms with Crippen LogP contribution in [0.25, 0.3) is 0 Å². The molecule has 0 spiro atoms. The molecule has 7 heteroatoms. The molecule has 1 fully saturated rings. The highest BCUT2D eigenvalue weighted by Crippen LogP contribution is 2.18. The summed E-state index contributed by atoms with van der Waals surface area (Å²) in [5.74, 6) is 1.83. The average molecular weight is 307 g/mol. The van der Waals surface area contributed by atoms with Crippen molar-refractivity contribution in [2.24, 2.45) is 7.05 Å². The molecule has 3 rings (SSSR count). The largest absolute Gasteiger partial charge is 0.354 e. The van der Waals surface area contributed by atoms with Crippen molar-refractivity contribution in [3.63, 3.8) is 0 Å². The molecular formula is C14H19ClN6. The van der Waals surface area contributed by atoms with Crippen LogP contribution in [0.2, 0.25) is 5.02 Å². The Hall–Kier alpha value is -1.66. The maximum Gasteiger partial charge on any atom is 0.132 e. The van der Waals surface area contributed by atoms with E-state index in [0.717, 1.165) is 55.1 Å². The number of anilines is 1. The Morgan fingerprint density at radius 3 is 2.62 bits per heavy atom. The number of rotatable bonds is 3. The Kier molecular flexibility index (Phi) is 4.07. The SMILES string of the molecule is Cc1nccc(N2CCN(Cc3c(Cl)cnn3C)CC2)n1. The van der Waals surface area contributed by atoms with E-state index >= 15 is 0 Å². The lowest BCUT2D eigenvalue weighted by Crippen LogP contribution is -2.46. The zero-order valence-corrected chi connectivity index (χ0v) is 13.1. The van der Waals surface area contributed by atoms with Crippen molar-refractivity contribution < 1.29 is 0 Å². The van der Waals surface area contributed by atoms with Gasteiger partial charge in [-0.15, -0.1) is 0 Å². The van der Waals surface area contributed by atoms with Crippen molar-refractivity contribution in [2.75, 3.05) is 31.1 Å². The predicted molar refractivity (Wildman–Crippen MR) is 82.5 cm³/mol. The highest BCUT2D eigenvalue weighted by atomic mass is 35.5. The molecule has 0 aromatic carbocycles. The molecule has 0 unspecified atom stereocenters. The molecule has 0 bridgehead atoms. The number of hydrogen-bond donors (Lipinski definition) is 0. The molecule has 0 aliphatic carbocycles. The minimum atomic E-state index is 0.742.